The van der Waals surface area contributed by atoms with Gasteiger partial charge in [-0.3, -0.25) is 4.79 Å². The Morgan fingerprint density at radius 1 is 1.23 bits per heavy atom. The minimum absolute atomic E-state index is 0.0354. The van der Waals surface area contributed by atoms with Crippen LogP contribution >= 0.6 is 0 Å². The molecule has 1 N–H and O–H groups in total. The van der Waals surface area contributed by atoms with Crippen molar-refractivity contribution in [3.8, 4) is 5.75 Å². The summed E-state index contributed by atoms with van der Waals surface area (Å²) in [5, 5.41) is 3.41. The second-order valence-electron chi connectivity index (χ2n) is 8.13. The van der Waals surface area contributed by atoms with Crippen molar-refractivity contribution in [3.63, 3.8) is 0 Å². The van der Waals surface area contributed by atoms with E-state index in [1.54, 1.807) is 20.1 Å². The van der Waals surface area contributed by atoms with Gasteiger partial charge >= 0.3 is 0 Å². The number of benzene rings is 1. The number of carbonyl (C=O) groups excluding carboxylic acids is 1. The van der Waals surface area contributed by atoms with Crippen molar-refractivity contribution in [1.29, 1.82) is 0 Å². The van der Waals surface area contributed by atoms with Crippen molar-refractivity contribution in [2.45, 2.75) is 41.0 Å². The van der Waals surface area contributed by atoms with Crippen molar-refractivity contribution in [2.24, 2.45) is 5.92 Å². The lowest BCUT2D eigenvalue weighted by Crippen LogP contribution is -2.42. The van der Waals surface area contributed by atoms with E-state index in [-0.39, 0.29) is 5.78 Å². The van der Waals surface area contributed by atoms with Gasteiger partial charge in [0.25, 0.3) is 0 Å². The van der Waals surface area contributed by atoms with E-state index in [4.69, 9.17) is 4.74 Å². The number of aryl methyl sites for hydroxylation is 1. The van der Waals surface area contributed by atoms with Gasteiger partial charge in [-0.05, 0) is 73.6 Å². The smallest absolute Gasteiger partial charge is 0.153 e. The van der Waals surface area contributed by atoms with E-state index in [0.29, 0.717) is 5.92 Å². The first-order valence-corrected chi connectivity index (χ1v) is 11.3. The second kappa shape index (κ2) is 12.3. The summed E-state index contributed by atoms with van der Waals surface area (Å²) in [5.41, 5.74) is 5.43. The van der Waals surface area contributed by atoms with Crippen LogP contribution in [-0.4, -0.2) is 44.0 Å². The summed E-state index contributed by atoms with van der Waals surface area (Å²) in [6, 6.07) is 6.10. The molecular weight excluding hydrogens is 384 g/mol. The van der Waals surface area contributed by atoms with Crippen LogP contribution in [0.3, 0.4) is 0 Å². The zero-order chi connectivity index (χ0) is 22.8. The number of carbonyl (C=O) groups is 1. The number of hydrogen-bond donors (Lipinski definition) is 1. The zero-order valence-electron chi connectivity index (χ0n) is 20.0. The Kier molecular flexibility index (Phi) is 9.80. The van der Waals surface area contributed by atoms with Gasteiger partial charge in [-0.1, -0.05) is 44.2 Å². The first-order chi connectivity index (χ1) is 14.9. The van der Waals surface area contributed by atoms with Crippen LogP contribution in [0.4, 0.5) is 0 Å². The lowest BCUT2D eigenvalue weighted by molar-refractivity contribution is -0.112. The molecule has 168 valence electrons. The Labute approximate surface area is 188 Å². The number of nitrogens with zero attached hydrogens (tertiary/aromatic N) is 1. The van der Waals surface area contributed by atoms with Gasteiger partial charge < -0.3 is 15.0 Å². The topological polar surface area (TPSA) is 41.6 Å². The van der Waals surface area contributed by atoms with Crippen LogP contribution in [0.15, 0.2) is 59.8 Å². The zero-order valence-corrected chi connectivity index (χ0v) is 20.0. The first kappa shape index (κ1) is 24.7. The molecule has 0 saturated carbocycles. The molecule has 1 heterocycles. The minimum atomic E-state index is 0.0354. The Balaban J connectivity index is 2.45. The monoisotopic (exact) mass is 422 g/mol. The number of piperazine rings is 1. The molecule has 0 aromatic heterocycles. The molecule has 0 spiro atoms. The van der Waals surface area contributed by atoms with Crippen molar-refractivity contribution < 1.29 is 9.53 Å². The van der Waals surface area contributed by atoms with Crippen LogP contribution < -0.4 is 10.1 Å². The highest BCUT2D eigenvalue weighted by Gasteiger charge is 2.12. The van der Waals surface area contributed by atoms with Crippen LogP contribution in [0, 0.1) is 12.8 Å². The Morgan fingerprint density at radius 2 is 1.94 bits per heavy atom. The summed E-state index contributed by atoms with van der Waals surface area (Å²) >= 11 is 0. The molecule has 1 unspecified atom stereocenters. The molecule has 0 radical (unpaired) electrons. The Morgan fingerprint density at radius 3 is 2.52 bits per heavy atom. The maximum atomic E-state index is 12.0. The number of methoxy groups -OCH3 is 1. The normalized spacial score (nSPS) is 17.2. The number of allylic oxidation sites excluding steroid dienone is 7. The van der Waals surface area contributed by atoms with E-state index in [1.807, 2.05) is 19.1 Å². The summed E-state index contributed by atoms with van der Waals surface area (Å²) in [5.74, 6) is 1.24. The van der Waals surface area contributed by atoms with Crippen LogP contribution in [0.2, 0.25) is 0 Å². The summed E-state index contributed by atoms with van der Waals surface area (Å²) in [6.45, 7) is 14.2. The quantitative estimate of drug-likeness (QED) is 0.432. The predicted octanol–water partition coefficient (Wildman–Crippen LogP) is 5.31. The van der Waals surface area contributed by atoms with Gasteiger partial charge in [0.1, 0.15) is 5.75 Å². The van der Waals surface area contributed by atoms with E-state index in [1.165, 1.54) is 11.3 Å². The van der Waals surface area contributed by atoms with Crippen LogP contribution in [-0.2, 0) is 4.79 Å². The third-order valence-corrected chi connectivity index (χ3v) is 5.83. The number of nitrogens with one attached hydrogen (secondary N) is 1. The number of ketones is 1. The summed E-state index contributed by atoms with van der Waals surface area (Å²) < 4.78 is 5.51. The minimum Gasteiger partial charge on any atom is -0.496 e. The largest absolute Gasteiger partial charge is 0.496 e. The fourth-order valence-electron chi connectivity index (χ4n) is 3.69. The van der Waals surface area contributed by atoms with Crippen molar-refractivity contribution in [1.82, 2.24) is 10.2 Å². The fourth-order valence-corrected chi connectivity index (χ4v) is 3.69. The highest BCUT2D eigenvalue weighted by molar-refractivity contribution is 5.97. The molecule has 4 heteroatoms. The number of rotatable bonds is 9. The van der Waals surface area contributed by atoms with E-state index < -0.39 is 0 Å². The highest BCUT2D eigenvalue weighted by Crippen LogP contribution is 2.28. The van der Waals surface area contributed by atoms with Crippen LogP contribution in [0.1, 0.15) is 45.2 Å². The first-order valence-electron chi connectivity index (χ1n) is 11.3. The molecule has 1 fully saturated rings. The summed E-state index contributed by atoms with van der Waals surface area (Å²) in [7, 11) is 1.68. The third kappa shape index (κ3) is 7.25. The molecule has 0 aliphatic carbocycles. The van der Waals surface area contributed by atoms with Crippen molar-refractivity contribution in [2.75, 3.05) is 33.3 Å². The van der Waals surface area contributed by atoms with E-state index in [9.17, 15) is 4.79 Å². The number of hydrogen-bond acceptors (Lipinski definition) is 4. The lowest BCUT2D eigenvalue weighted by Gasteiger charge is -2.30. The summed E-state index contributed by atoms with van der Waals surface area (Å²) in [6.07, 6.45) is 11.5. The average Bonchev–Trinajstić information content (AvgIpc) is 2.78. The van der Waals surface area contributed by atoms with Crippen LogP contribution in [0.5, 0.6) is 5.75 Å². The van der Waals surface area contributed by atoms with Gasteiger partial charge in [0.15, 0.2) is 5.78 Å². The molecule has 0 bridgehead atoms. The maximum absolute atomic E-state index is 12.0. The van der Waals surface area contributed by atoms with Crippen molar-refractivity contribution >= 4 is 11.4 Å². The van der Waals surface area contributed by atoms with Gasteiger partial charge in [-0.15, -0.1) is 0 Å². The molecule has 0 amide bonds. The number of ether oxygens (including phenoxy) is 1. The molecule has 1 aromatic rings. The van der Waals surface area contributed by atoms with Gasteiger partial charge in [0, 0.05) is 31.9 Å². The lowest BCUT2D eigenvalue weighted by atomic mass is 9.92. The maximum Gasteiger partial charge on any atom is 0.153 e. The third-order valence-electron chi connectivity index (χ3n) is 5.83. The van der Waals surface area contributed by atoms with Gasteiger partial charge in [-0.2, -0.15) is 0 Å². The highest BCUT2D eigenvalue weighted by atomic mass is 16.5. The van der Waals surface area contributed by atoms with Crippen LogP contribution in [0.25, 0.3) is 5.57 Å². The second-order valence-corrected chi connectivity index (χ2v) is 8.13. The SMILES string of the molecule is C\C=C(/C=C\C(=C\C(=C/C(C)=O)c1ccc(C)c(OC)c1)C(C)CC)N1CCNCC1. The van der Waals surface area contributed by atoms with Gasteiger partial charge in [0.05, 0.1) is 7.11 Å². The van der Waals surface area contributed by atoms with Crippen molar-refractivity contribution in [3.05, 3.63) is 71.0 Å². The van der Waals surface area contributed by atoms with E-state index in [0.717, 1.165) is 55.0 Å². The molecule has 1 aliphatic rings. The molecule has 2 rings (SSSR count). The van der Waals surface area contributed by atoms with Gasteiger partial charge in [-0.25, -0.2) is 0 Å². The molecule has 1 aliphatic heterocycles. The van der Waals surface area contributed by atoms with Gasteiger partial charge in [0.2, 0.25) is 0 Å². The predicted molar refractivity (Wildman–Crippen MR) is 131 cm³/mol. The van der Waals surface area contributed by atoms with E-state index >= 15 is 0 Å². The molecule has 31 heavy (non-hydrogen) atoms. The molecule has 1 atom stereocenters. The average molecular weight is 423 g/mol. The van der Waals surface area contributed by atoms with E-state index in [2.05, 4.69) is 61.4 Å². The summed E-state index contributed by atoms with van der Waals surface area (Å²) in [4.78, 5) is 14.4. The Hall–Kier alpha value is -2.59. The standard InChI is InChI=1S/C27H38N2O2/c1-7-20(3)23(11-12-26(8-2)29-15-13-28-14-16-29)18-25(17-22(5)30)24-10-9-21(4)27(19-24)31-6/h8-12,17-20,28H,7,13-16H2,1-6H3/b12-11-,23-18-,25-17+,26-8+. The Bertz CT molecular complexity index is 871. The fraction of sp³-hybridized carbons (Fsp3) is 0.444. The molecule has 1 saturated heterocycles. The molecule has 1 aromatic carbocycles. The molecular formula is C27H38N2O2. The molecule has 4 nitrogen and oxygen atoms in total.